The van der Waals surface area contributed by atoms with Gasteiger partial charge in [-0.05, 0) is 127 Å². The van der Waals surface area contributed by atoms with Crippen molar-refractivity contribution in [2.45, 2.75) is 44.6 Å². The predicted molar refractivity (Wildman–Crippen MR) is 282 cm³/mol. The maximum atomic E-state index is 2.80. The van der Waals surface area contributed by atoms with Gasteiger partial charge in [-0.3, -0.25) is 0 Å². The van der Waals surface area contributed by atoms with Crippen LogP contribution in [0.3, 0.4) is 0 Å². The minimum absolute atomic E-state index is 0.219. The van der Waals surface area contributed by atoms with Crippen LogP contribution in [0.5, 0.6) is 0 Å². The topological polar surface area (TPSA) is 3.24 Å². The normalized spacial score (nSPS) is 20.8. The van der Waals surface area contributed by atoms with Gasteiger partial charge in [0.1, 0.15) is 0 Å². The molecule has 0 radical (unpaired) electrons. The van der Waals surface area contributed by atoms with Crippen LogP contribution in [0.25, 0.3) is 70.6 Å². The van der Waals surface area contributed by atoms with Gasteiger partial charge in [0, 0.05) is 43.5 Å². The molecule has 316 valence electrons. The molecule has 66 heavy (non-hydrogen) atoms. The van der Waals surface area contributed by atoms with Crippen LogP contribution in [0.15, 0.2) is 223 Å². The largest absolute Gasteiger partial charge is 0.327 e. The first-order valence-corrected chi connectivity index (χ1v) is 24.3. The standard InChI is InChI=1S/C64H49NS/c1-40-55(45-24-12-7-13-25-45)39-63(3)58-52-28-16-14-26-50(52)51-27-15-17-29-53(51)60(58)65(64(4)59-54-30-18-19-31-56(54)66-61(59)41(2)57(40)62(63)64)49-34-32-44(33-35-49)48-37-46(42-20-8-5-9-21-42)36-47(38-48)43-22-10-6-11-23-43/h5-41H,1-4H3. The van der Waals surface area contributed by atoms with Gasteiger partial charge in [-0.2, -0.15) is 0 Å². The first-order valence-electron chi connectivity index (χ1n) is 23.5. The van der Waals surface area contributed by atoms with Crippen molar-refractivity contribution in [3.05, 3.63) is 245 Å². The minimum Gasteiger partial charge on any atom is -0.327 e. The molecule has 4 atom stereocenters. The Labute approximate surface area is 391 Å². The van der Waals surface area contributed by atoms with Gasteiger partial charge in [0.05, 0.1) is 11.2 Å². The molecule has 1 nitrogen and oxygen atoms in total. The number of hydrogen-bond donors (Lipinski definition) is 0. The van der Waals surface area contributed by atoms with Crippen LogP contribution >= 0.6 is 11.3 Å². The van der Waals surface area contributed by atoms with E-state index in [0.717, 1.165) is 0 Å². The summed E-state index contributed by atoms with van der Waals surface area (Å²) in [5.41, 5.74) is 17.5. The van der Waals surface area contributed by atoms with Gasteiger partial charge in [0.15, 0.2) is 0 Å². The summed E-state index contributed by atoms with van der Waals surface area (Å²) in [7, 11) is 0. The lowest BCUT2D eigenvalue weighted by molar-refractivity contribution is 0.424. The highest BCUT2D eigenvalue weighted by molar-refractivity contribution is 7.19. The van der Waals surface area contributed by atoms with Gasteiger partial charge in [-0.25, -0.2) is 0 Å². The van der Waals surface area contributed by atoms with Gasteiger partial charge >= 0.3 is 0 Å². The lowest BCUT2D eigenvalue weighted by Gasteiger charge is -2.61. The second-order valence-electron chi connectivity index (χ2n) is 19.1. The minimum atomic E-state index is -0.536. The molecule has 2 heteroatoms. The van der Waals surface area contributed by atoms with Crippen LogP contribution in [0, 0.1) is 5.92 Å². The summed E-state index contributed by atoms with van der Waals surface area (Å²) < 4.78 is 1.36. The maximum absolute atomic E-state index is 2.80. The quantitative estimate of drug-likeness (QED) is 0.123. The van der Waals surface area contributed by atoms with Crippen molar-refractivity contribution in [1.29, 1.82) is 0 Å². The zero-order valence-electron chi connectivity index (χ0n) is 37.7. The molecule has 0 N–H and O–H groups in total. The van der Waals surface area contributed by atoms with E-state index in [-0.39, 0.29) is 11.8 Å². The number of rotatable bonds is 5. The molecule has 10 aromatic rings. The second kappa shape index (κ2) is 14.6. The van der Waals surface area contributed by atoms with E-state index in [1.54, 1.807) is 5.57 Å². The van der Waals surface area contributed by atoms with Gasteiger partial charge in [0.25, 0.3) is 0 Å². The van der Waals surface area contributed by atoms with Crippen LogP contribution in [-0.2, 0) is 11.0 Å². The lowest BCUT2D eigenvalue weighted by Crippen LogP contribution is -2.56. The third-order valence-corrected chi connectivity index (χ3v) is 16.8. The summed E-state index contributed by atoms with van der Waals surface area (Å²) in [6.45, 7) is 10.1. The first kappa shape index (κ1) is 39.1. The van der Waals surface area contributed by atoms with E-state index >= 15 is 0 Å². The van der Waals surface area contributed by atoms with Crippen LogP contribution < -0.4 is 4.90 Å². The molecule has 9 aromatic carbocycles. The molecule has 1 aromatic heterocycles. The van der Waals surface area contributed by atoms with Crippen molar-refractivity contribution in [3.8, 4) is 33.4 Å². The highest BCUT2D eigenvalue weighted by Crippen LogP contribution is 2.70. The third kappa shape index (κ3) is 5.52. The molecule has 0 bridgehead atoms. The number of hydrogen-bond acceptors (Lipinski definition) is 2. The van der Waals surface area contributed by atoms with Gasteiger partial charge in [-0.1, -0.05) is 195 Å². The van der Waals surface area contributed by atoms with E-state index in [9.17, 15) is 0 Å². The van der Waals surface area contributed by atoms with Crippen molar-refractivity contribution in [2.75, 3.05) is 4.90 Å². The van der Waals surface area contributed by atoms with Crippen molar-refractivity contribution >= 4 is 59.9 Å². The number of nitrogens with zero attached hydrogens (tertiary/aromatic N) is 1. The summed E-state index contributed by atoms with van der Waals surface area (Å²) in [5.74, 6) is 0.465. The summed E-state index contributed by atoms with van der Waals surface area (Å²) >= 11 is 2.01. The molecule has 2 heterocycles. The Balaban J connectivity index is 1.12. The molecule has 1 aliphatic heterocycles. The Morgan fingerprint density at radius 3 is 1.48 bits per heavy atom. The molecular weight excluding hydrogens is 815 g/mol. The molecule has 0 amide bonds. The number of benzene rings is 9. The van der Waals surface area contributed by atoms with Crippen molar-refractivity contribution in [1.82, 2.24) is 0 Å². The zero-order valence-corrected chi connectivity index (χ0v) is 38.5. The summed E-state index contributed by atoms with van der Waals surface area (Å²) in [6, 6.07) is 77.0. The lowest BCUT2D eigenvalue weighted by atomic mass is 9.51. The van der Waals surface area contributed by atoms with E-state index in [2.05, 4.69) is 245 Å². The Bertz CT molecular complexity index is 3580. The molecule has 4 unspecified atom stereocenters. The molecule has 0 saturated carbocycles. The molecule has 0 fully saturated rings. The van der Waals surface area contributed by atoms with E-state index in [4.69, 9.17) is 0 Å². The molecular formula is C64H49NS. The van der Waals surface area contributed by atoms with Gasteiger partial charge in [0.2, 0.25) is 0 Å². The SMILES string of the molecule is CC1C(c2ccccc2)=CC2(C)C3=C1C(C)c1sc4ccccc4c1C3(C)N(c1ccc(-c3cc(-c4ccccc4)cc(-c4ccccc4)c3)cc1)c1c2c2ccccc2c2ccccc12. The number of allylic oxidation sites excluding steroid dienone is 3. The maximum Gasteiger partial charge on any atom is 0.0919 e. The number of anilines is 2. The van der Waals surface area contributed by atoms with E-state index in [1.165, 1.54) is 109 Å². The van der Waals surface area contributed by atoms with E-state index < -0.39 is 11.0 Å². The Kier molecular flexibility index (Phi) is 8.67. The fourth-order valence-corrected chi connectivity index (χ4v) is 14.2. The average Bonchev–Trinajstić information content (AvgIpc) is 3.78. The fraction of sp³-hybridized carbons (Fsp3) is 0.125. The number of fused-ring (bicyclic) bond motifs is 11. The molecule has 2 aliphatic carbocycles. The average molecular weight is 864 g/mol. The number of thiophene rings is 1. The predicted octanol–water partition coefficient (Wildman–Crippen LogP) is 17.7. The summed E-state index contributed by atoms with van der Waals surface area (Å²) in [6.07, 6.45) is 2.70. The first-order chi connectivity index (χ1) is 32.3. The Hall–Kier alpha value is -7.26. The molecule has 0 saturated heterocycles. The molecule has 13 rings (SSSR count). The third-order valence-electron chi connectivity index (χ3n) is 15.5. The van der Waals surface area contributed by atoms with Crippen LogP contribution in [0.1, 0.15) is 55.2 Å². The van der Waals surface area contributed by atoms with E-state index in [0.29, 0.717) is 0 Å². The highest BCUT2D eigenvalue weighted by Gasteiger charge is 2.60. The van der Waals surface area contributed by atoms with Gasteiger partial charge < -0.3 is 4.90 Å². The molecule has 0 spiro atoms. The Morgan fingerprint density at radius 2 is 0.894 bits per heavy atom. The Morgan fingerprint density at radius 1 is 0.424 bits per heavy atom. The second-order valence-corrected chi connectivity index (χ2v) is 20.2. The smallest absolute Gasteiger partial charge is 0.0919 e. The van der Waals surface area contributed by atoms with Crippen molar-refractivity contribution in [3.63, 3.8) is 0 Å². The van der Waals surface area contributed by atoms with Crippen molar-refractivity contribution < 1.29 is 0 Å². The summed E-state index contributed by atoms with van der Waals surface area (Å²) in [5, 5.41) is 6.57. The summed E-state index contributed by atoms with van der Waals surface area (Å²) in [4.78, 5) is 4.29. The zero-order chi connectivity index (χ0) is 44.3. The molecule has 3 aliphatic rings. The highest BCUT2D eigenvalue weighted by atomic mass is 32.1. The van der Waals surface area contributed by atoms with Crippen LogP contribution in [0.4, 0.5) is 11.4 Å². The van der Waals surface area contributed by atoms with Crippen LogP contribution in [0.2, 0.25) is 0 Å². The van der Waals surface area contributed by atoms with Crippen molar-refractivity contribution in [2.24, 2.45) is 5.92 Å². The monoisotopic (exact) mass is 863 g/mol. The fourth-order valence-electron chi connectivity index (χ4n) is 12.8. The van der Waals surface area contributed by atoms with E-state index in [1.807, 2.05) is 11.3 Å². The van der Waals surface area contributed by atoms with Crippen LogP contribution in [-0.4, -0.2) is 0 Å². The van der Waals surface area contributed by atoms with Gasteiger partial charge in [-0.15, -0.1) is 11.3 Å².